The van der Waals surface area contributed by atoms with Gasteiger partial charge in [-0.25, -0.2) is 0 Å². The van der Waals surface area contributed by atoms with Crippen LogP contribution in [0.25, 0.3) is 10.9 Å². The van der Waals surface area contributed by atoms with Crippen molar-refractivity contribution in [2.45, 2.75) is 32.2 Å². The number of aromatic nitrogens is 1. The average molecular weight is 337 g/mol. The third-order valence-corrected chi connectivity index (χ3v) is 4.79. The SMILES string of the molecule is CC(=O)OC[C@@H]1CCCN1CCc1c(Cl)[nH]c2ccc(O)cc12. The second kappa shape index (κ2) is 6.81. The highest BCUT2D eigenvalue weighted by Crippen LogP contribution is 2.30. The summed E-state index contributed by atoms with van der Waals surface area (Å²) in [5, 5.41) is 11.3. The molecule has 1 aromatic heterocycles. The van der Waals surface area contributed by atoms with Gasteiger partial charge in [0.25, 0.3) is 0 Å². The minimum Gasteiger partial charge on any atom is -0.508 e. The lowest BCUT2D eigenvalue weighted by molar-refractivity contribution is -0.142. The Hall–Kier alpha value is -1.72. The van der Waals surface area contributed by atoms with Crippen molar-refractivity contribution < 1.29 is 14.6 Å². The Labute approximate surface area is 140 Å². The van der Waals surface area contributed by atoms with E-state index in [1.54, 1.807) is 12.1 Å². The van der Waals surface area contributed by atoms with Crippen molar-refractivity contribution in [3.63, 3.8) is 0 Å². The lowest BCUT2D eigenvalue weighted by Gasteiger charge is -2.23. The molecule has 23 heavy (non-hydrogen) atoms. The lowest BCUT2D eigenvalue weighted by Crippen LogP contribution is -2.35. The molecule has 0 unspecified atom stereocenters. The summed E-state index contributed by atoms with van der Waals surface area (Å²) in [7, 11) is 0. The minimum atomic E-state index is -0.230. The summed E-state index contributed by atoms with van der Waals surface area (Å²) in [5.41, 5.74) is 1.95. The van der Waals surface area contributed by atoms with Gasteiger partial charge in [-0.3, -0.25) is 9.69 Å². The molecule has 1 atom stereocenters. The summed E-state index contributed by atoms with van der Waals surface area (Å²) in [4.78, 5) is 16.5. The second-order valence-electron chi connectivity index (χ2n) is 6.03. The maximum absolute atomic E-state index is 11.0. The number of rotatable bonds is 5. The van der Waals surface area contributed by atoms with Crippen molar-refractivity contribution in [1.82, 2.24) is 9.88 Å². The normalized spacial score (nSPS) is 18.6. The Bertz CT molecular complexity index is 713. The van der Waals surface area contributed by atoms with E-state index >= 15 is 0 Å². The van der Waals surface area contributed by atoms with Crippen LogP contribution in [0.4, 0.5) is 0 Å². The van der Waals surface area contributed by atoms with Gasteiger partial charge in [-0.2, -0.15) is 0 Å². The summed E-state index contributed by atoms with van der Waals surface area (Å²) >= 11 is 6.32. The predicted molar refractivity (Wildman–Crippen MR) is 89.9 cm³/mol. The summed E-state index contributed by atoms with van der Waals surface area (Å²) in [6.07, 6.45) is 2.96. The Morgan fingerprint density at radius 3 is 3.13 bits per heavy atom. The van der Waals surface area contributed by atoms with Crippen LogP contribution < -0.4 is 0 Å². The molecule has 6 heteroatoms. The molecule has 0 radical (unpaired) electrons. The van der Waals surface area contributed by atoms with Crippen molar-refractivity contribution in [3.8, 4) is 5.75 Å². The largest absolute Gasteiger partial charge is 0.508 e. The Morgan fingerprint density at radius 2 is 2.35 bits per heavy atom. The first-order valence-corrected chi connectivity index (χ1v) is 8.29. The Morgan fingerprint density at radius 1 is 1.52 bits per heavy atom. The monoisotopic (exact) mass is 336 g/mol. The number of benzene rings is 1. The van der Waals surface area contributed by atoms with Gasteiger partial charge >= 0.3 is 5.97 Å². The summed E-state index contributed by atoms with van der Waals surface area (Å²) in [6, 6.07) is 5.51. The number of carbonyl (C=O) groups is 1. The highest BCUT2D eigenvalue weighted by Gasteiger charge is 2.25. The van der Waals surface area contributed by atoms with Crippen molar-refractivity contribution in [3.05, 3.63) is 28.9 Å². The Kier molecular flexibility index (Phi) is 4.78. The highest BCUT2D eigenvalue weighted by atomic mass is 35.5. The number of fused-ring (bicyclic) bond motifs is 1. The van der Waals surface area contributed by atoms with Crippen LogP contribution in [0.5, 0.6) is 5.75 Å². The molecule has 0 bridgehead atoms. The van der Waals surface area contributed by atoms with E-state index in [4.69, 9.17) is 16.3 Å². The van der Waals surface area contributed by atoms with Gasteiger partial charge < -0.3 is 14.8 Å². The molecule has 2 aromatic rings. The van der Waals surface area contributed by atoms with Crippen LogP contribution in [0.2, 0.25) is 5.15 Å². The van der Waals surface area contributed by atoms with E-state index in [2.05, 4.69) is 9.88 Å². The van der Waals surface area contributed by atoms with Crippen LogP contribution in [0, 0.1) is 0 Å². The van der Waals surface area contributed by atoms with Crippen LogP contribution in [0.3, 0.4) is 0 Å². The molecule has 1 aromatic carbocycles. The Balaban J connectivity index is 1.69. The molecule has 2 heterocycles. The van der Waals surface area contributed by atoms with Crippen LogP contribution in [0.15, 0.2) is 18.2 Å². The zero-order valence-corrected chi connectivity index (χ0v) is 13.9. The second-order valence-corrected chi connectivity index (χ2v) is 6.41. The zero-order chi connectivity index (χ0) is 16.4. The highest BCUT2D eigenvalue weighted by molar-refractivity contribution is 6.31. The van der Waals surface area contributed by atoms with Gasteiger partial charge in [-0.05, 0) is 49.6 Å². The number of hydrogen-bond acceptors (Lipinski definition) is 4. The van der Waals surface area contributed by atoms with Crippen molar-refractivity contribution >= 4 is 28.5 Å². The third kappa shape index (κ3) is 3.62. The molecule has 0 saturated carbocycles. The third-order valence-electron chi connectivity index (χ3n) is 4.46. The number of ether oxygens (including phenoxy) is 1. The molecule has 0 spiro atoms. The van der Waals surface area contributed by atoms with E-state index in [1.807, 2.05) is 6.07 Å². The van der Waals surface area contributed by atoms with E-state index in [-0.39, 0.29) is 17.8 Å². The molecule has 0 aliphatic carbocycles. The van der Waals surface area contributed by atoms with Gasteiger partial charge in [0.2, 0.25) is 0 Å². The number of phenols is 1. The van der Waals surface area contributed by atoms with E-state index in [0.717, 1.165) is 48.8 Å². The number of esters is 1. The zero-order valence-electron chi connectivity index (χ0n) is 13.1. The number of likely N-dealkylation sites (tertiary alicyclic amines) is 1. The maximum atomic E-state index is 11.0. The first-order valence-electron chi connectivity index (χ1n) is 7.91. The smallest absolute Gasteiger partial charge is 0.302 e. The van der Waals surface area contributed by atoms with E-state index in [9.17, 15) is 9.90 Å². The molecular formula is C17H21ClN2O3. The fourth-order valence-corrected chi connectivity index (χ4v) is 3.59. The lowest BCUT2D eigenvalue weighted by atomic mass is 10.1. The first-order chi connectivity index (χ1) is 11.0. The van der Waals surface area contributed by atoms with Gasteiger partial charge in [-0.1, -0.05) is 11.6 Å². The van der Waals surface area contributed by atoms with Crippen molar-refractivity contribution in [1.29, 1.82) is 0 Å². The standard InChI is InChI=1S/C17H21ClN2O3/c1-11(21)23-10-12-3-2-7-20(12)8-6-14-15-9-13(22)4-5-16(15)19-17(14)18/h4-5,9,12,19,22H,2-3,6-8,10H2,1H3/t12-/m0/s1. The number of hydrogen-bond donors (Lipinski definition) is 2. The number of H-pyrrole nitrogens is 1. The number of nitrogens with one attached hydrogen (secondary N) is 1. The van der Waals surface area contributed by atoms with Gasteiger partial charge in [0.1, 0.15) is 17.5 Å². The van der Waals surface area contributed by atoms with E-state index in [1.165, 1.54) is 6.92 Å². The van der Waals surface area contributed by atoms with Gasteiger partial charge in [0.05, 0.1) is 0 Å². The number of aromatic amines is 1. The quantitative estimate of drug-likeness (QED) is 0.823. The van der Waals surface area contributed by atoms with E-state index in [0.29, 0.717) is 11.8 Å². The molecule has 5 nitrogen and oxygen atoms in total. The summed E-state index contributed by atoms with van der Waals surface area (Å²) < 4.78 is 5.16. The molecular weight excluding hydrogens is 316 g/mol. The number of phenolic OH excluding ortho intramolecular Hbond substituents is 1. The molecule has 3 rings (SSSR count). The summed E-state index contributed by atoms with van der Waals surface area (Å²) in [6.45, 7) is 3.76. The fraction of sp³-hybridized carbons (Fsp3) is 0.471. The minimum absolute atomic E-state index is 0.230. The number of aromatic hydroxyl groups is 1. The molecule has 1 aliphatic rings. The van der Waals surface area contributed by atoms with Gasteiger partial charge in [0, 0.05) is 30.4 Å². The molecule has 1 saturated heterocycles. The van der Waals surface area contributed by atoms with Crippen LogP contribution in [-0.2, 0) is 16.0 Å². The molecule has 2 N–H and O–H groups in total. The average Bonchev–Trinajstić information content (AvgIpc) is 3.06. The summed E-state index contributed by atoms with van der Waals surface area (Å²) in [5.74, 6) is 0.00956. The maximum Gasteiger partial charge on any atom is 0.302 e. The molecule has 124 valence electrons. The molecule has 1 aliphatic heterocycles. The number of halogens is 1. The number of nitrogens with zero attached hydrogens (tertiary/aromatic N) is 1. The molecule has 1 fully saturated rings. The van der Waals surface area contributed by atoms with Crippen molar-refractivity contribution in [2.24, 2.45) is 0 Å². The first kappa shape index (κ1) is 16.1. The molecule has 0 amide bonds. The topological polar surface area (TPSA) is 65.6 Å². The van der Waals surface area contributed by atoms with Crippen LogP contribution in [-0.4, -0.2) is 46.7 Å². The fourth-order valence-electron chi connectivity index (χ4n) is 3.29. The van der Waals surface area contributed by atoms with Gasteiger partial charge in [-0.15, -0.1) is 0 Å². The van der Waals surface area contributed by atoms with E-state index < -0.39 is 0 Å². The van der Waals surface area contributed by atoms with Crippen molar-refractivity contribution in [2.75, 3.05) is 19.7 Å². The van der Waals surface area contributed by atoms with Crippen LogP contribution in [0.1, 0.15) is 25.3 Å². The number of carbonyl (C=O) groups excluding carboxylic acids is 1. The van der Waals surface area contributed by atoms with Crippen LogP contribution >= 0.6 is 11.6 Å². The predicted octanol–water partition coefficient (Wildman–Crippen LogP) is 3.10. The van der Waals surface area contributed by atoms with Gasteiger partial charge in [0.15, 0.2) is 0 Å².